The van der Waals surface area contributed by atoms with Crippen LogP contribution in [-0.2, 0) is 14.3 Å². The van der Waals surface area contributed by atoms with Gasteiger partial charge in [0, 0.05) is 17.5 Å². The van der Waals surface area contributed by atoms with Crippen molar-refractivity contribution in [2.75, 3.05) is 11.9 Å². The largest absolute Gasteiger partial charge is 0.456 e. The number of anilines is 1. The SMILES string of the molecule is O=C(COC(=O)CCC(=O)c1cccs1)Nc1cccc2ccccc12. The average molecular weight is 367 g/mol. The van der Waals surface area contributed by atoms with Crippen molar-refractivity contribution in [2.24, 2.45) is 0 Å². The number of Topliss-reactive ketones (excluding diaryl/α,β-unsaturated/α-hetero) is 1. The fraction of sp³-hybridized carbons (Fsp3) is 0.150. The predicted molar refractivity (Wildman–Crippen MR) is 101 cm³/mol. The molecule has 26 heavy (non-hydrogen) atoms. The van der Waals surface area contributed by atoms with Gasteiger partial charge < -0.3 is 10.1 Å². The third kappa shape index (κ3) is 4.55. The van der Waals surface area contributed by atoms with Crippen LogP contribution in [-0.4, -0.2) is 24.3 Å². The second-order valence-electron chi connectivity index (χ2n) is 5.64. The Bertz CT molecular complexity index is 929. The number of thiophene rings is 1. The third-order valence-corrected chi connectivity index (χ3v) is 4.69. The molecule has 1 N–H and O–H groups in total. The molecular formula is C20H17NO4S. The summed E-state index contributed by atoms with van der Waals surface area (Å²) in [5, 5.41) is 6.48. The number of carbonyl (C=O) groups is 3. The van der Waals surface area contributed by atoms with Gasteiger partial charge in [-0.2, -0.15) is 0 Å². The zero-order valence-corrected chi connectivity index (χ0v) is 14.8. The monoisotopic (exact) mass is 367 g/mol. The lowest BCUT2D eigenvalue weighted by atomic mass is 10.1. The van der Waals surface area contributed by atoms with Gasteiger partial charge in [0.25, 0.3) is 5.91 Å². The Morgan fingerprint density at radius 2 is 1.73 bits per heavy atom. The molecule has 0 bridgehead atoms. The van der Waals surface area contributed by atoms with Gasteiger partial charge in [-0.3, -0.25) is 14.4 Å². The van der Waals surface area contributed by atoms with Gasteiger partial charge in [-0.1, -0.05) is 42.5 Å². The molecule has 6 heteroatoms. The van der Waals surface area contributed by atoms with E-state index in [1.165, 1.54) is 11.3 Å². The molecule has 0 radical (unpaired) electrons. The topological polar surface area (TPSA) is 72.5 Å². The highest BCUT2D eigenvalue weighted by atomic mass is 32.1. The summed E-state index contributed by atoms with van der Waals surface area (Å²) in [6.45, 7) is -0.380. The molecule has 0 saturated heterocycles. The molecule has 1 heterocycles. The fourth-order valence-corrected chi connectivity index (χ4v) is 3.21. The van der Waals surface area contributed by atoms with E-state index in [2.05, 4.69) is 5.32 Å². The van der Waals surface area contributed by atoms with Gasteiger partial charge in [0.15, 0.2) is 12.4 Å². The van der Waals surface area contributed by atoms with Crippen LogP contribution >= 0.6 is 11.3 Å². The van der Waals surface area contributed by atoms with E-state index >= 15 is 0 Å². The molecular weight excluding hydrogens is 350 g/mol. The molecule has 1 aromatic heterocycles. The van der Waals surface area contributed by atoms with Crippen LogP contribution in [0.25, 0.3) is 10.8 Å². The highest BCUT2D eigenvalue weighted by Gasteiger charge is 2.13. The number of amides is 1. The molecule has 132 valence electrons. The van der Waals surface area contributed by atoms with Crippen LogP contribution in [0, 0.1) is 0 Å². The van der Waals surface area contributed by atoms with Crippen LogP contribution < -0.4 is 5.32 Å². The first-order valence-corrected chi connectivity index (χ1v) is 9.01. The molecule has 0 saturated carbocycles. The number of esters is 1. The van der Waals surface area contributed by atoms with Gasteiger partial charge in [-0.05, 0) is 22.9 Å². The molecule has 5 nitrogen and oxygen atoms in total. The van der Waals surface area contributed by atoms with Crippen LogP contribution in [0.2, 0.25) is 0 Å². The van der Waals surface area contributed by atoms with Crippen LogP contribution in [0.4, 0.5) is 5.69 Å². The van der Waals surface area contributed by atoms with Gasteiger partial charge in [-0.25, -0.2) is 0 Å². The minimum Gasteiger partial charge on any atom is -0.456 e. The van der Waals surface area contributed by atoms with Crippen LogP contribution in [0.3, 0.4) is 0 Å². The summed E-state index contributed by atoms with van der Waals surface area (Å²) < 4.78 is 4.96. The van der Waals surface area contributed by atoms with Crippen molar-refractivity contribution in [3.8, 4) is 0 Å². The minimum absolute atomic E-state index is 0.0434. The number of carbonyl (C=O) groups excluding carboxylic acids is 3. The van der Waals surface area contributed by atoms with Crippen molar-refractivity contribution in [1.29, 1.82) is 0 Å². The first kappa shape index (κ1) is 17.8. The van der Waals surface area contributed by atoms with E-state index in [4.69, 9.17) is 4.74 Å². The van der Waals surface area contributed by atoms with E-state index in [0.717, 1.165) is 10.8 Å². The quantitative estimate of drug-likeness (QED) is 0.505. The van der Waals surface area contributed by atoms with E-state index in [-0.39, 0.29) is 25.2 Å². The second-order valence-corrected chi connectivity index (χ2v) is 6.58. The second kappa shape index (κ2) is 8.40. The summed E-state index contributed by atoms with van der Waals surface area (Å²) >= 11 is 1.34. The number of benzene rings is 2. The van der Waals surface area contributed by atoms with E-state index in [9.17, 15) is 14.4 Å². The van der Waals surface area contributed by atoms with Crippen molar-refractivity contribution in [3.05, 3.63) is 64.9 Å². The summed E-state index contributed by atoms with van der Waals surface area (Å²) in [7, 11) is 0. The maximum atomic E-state index is 12.0. The Morgan fingerprint density at radius 1 is 0.923 bits per heavy atom. The number of hydrogen-bond acceptors (Lipinski definition) is 5. The van der Waals surface area contributed by atoms with Crippen molar-refractivity contribution in [3.63, 3.8) is 0 Å². The van der Waals surface area contributed by atoms with Crippen molar-refractivity contribution < 1.29 is 19.1 Å². The molecule has 1 amide bonds. The number of rotatable bonds is 7. The molecule has 0 fully saturated rings. The van der Waals surface area contributed by atoms with E-state index in [1.54, 1.807) is 18.2 Å². The molecule has 0 spiro atoms. The standard InChI is InChI=1S/C20H17NO4S/c22-17(18-9-4-12-26-18)10-11-20(24)25-13-19(23)21-16-8-3-6-14-5-1-2-7-15(14)16/h1-9,12H,10-11,13H2,(H,21,23). The molecule has 2 aromatic carbocycles. The summed E-state index contributed by atoms with van der Waals surface area (Å²) in [5.41, 5.74) is 0.664. The zero-order valence-electron chi connectivity index (χ0n) is 13.9. The smallest absolute Gasteiger partial charge is 0.306 e. The third-order valence-electron chi connectivity index (χ3n) is 3.78. The summed E-state index contributed by atoms with van der Waals surface area (Å²) in [4.78, 5) is 36.2. The zero-order chi connectivity index (χ0) is 18.4. The van der Waals surface area contributed by atoms with Crippen molar-refractivity contribution in [2.45, 2.75) is 12.8 Å². The highest BCUT2D eigenvalue weighted by Crippen LogP contribution is 2.22. The lowest BCUT2D eigenvalue weighted by Gasteiger charge is -2.09. The Hall–Kier alpha value is -2.99. The van der Waals surface area contributed by atoms with Gasteiger partial charge in [0.2, 0.25) is 0 Å². The maximum Gasteiger partial charge on any atom is 0.306 e. The lowest BCUT2D eigenvalue weighted by Crippen LogP contribution is -2.21. The van der Waals surface area contributed by atoms with Crippen molar-refractivity contribution in [1.82, 2.24) is 0 Å². The minimum atomic E-state index is -0.567. The van der Waals surface area contributed by atoms with Gasteiger partial charge in [0.05, 0.1) is 11.3 Å². The number of ether oxygens (including phenoxy) is 1. The highest BCUT2D eigenvalue weighted by molar-refractivity contribution is 7.12. The molecule has 0 unspecified atom stereocenters. The Morgan fingerprint density at radius 3 is 2.54 bits per heavy atom. The summed E-state index contributed by atoms with van der Waals surface area (Å²) in [6, 6.07) is 16.8. The first-order valence-electron chi connectivity index (χ1n) is 8.13. The summed E-state index contributed by atoms with van der Waals surface area (Å²) in [6.07, 6.45) is 0.0303. The normalized spacial score (nSPS) is 10.5. The first-order chi connectivity index (χ1) is 12.6. The van der Waals surface area contributed by atoms with E-state index in [0.29, 0.717) is 10.6 Å². The lowest BCUT2D eigenvalue weighted by molar-refractivity contribution is -0.147. The Balaban J connectivity index is 1.47. The van der Waals surface area contributed by atoms with Gasteiger partial charge >= 0.3 is 5.97 Å². The number of fused-ring (bicyclic) bond motifs is 1. The van der Waals surface area contributed by atoms with Gasteiger partial charge in [0.1, 0.15) is 0 Å². The number of ketones is 1. The molecule has 3 rings (SSSR count). The summed E-state index contributed by atoms with van der Waals surface area (Å²) in [5.74, 6) is -1.08. The van der Waals surface area contributed by atoms with Crippen LogP contribution in [0.15, 0.2) is 60.0 Å². The van der Waals surface area contributed by atoms with E-state index in [1.807, 2.05) is 41.8 Å². The number of hydrogen-bond donors (Lipinski definition) is 1. The Kier molecular flexibility index (Phi) is 5.76. The molecule has 0 aliphatic carbocycles. The molecule has 3 aromatic rings. The molecule has 0 atom stereocenters. The fourth-order valence-electron chi connectivity index (χ4n) is 2.51. The average Bonchev–Trinajstić information content (AvgIpc) is 3.19. The predicted octanol–water partition coefficient (Wildman–Crippen LogP) is 4.05. The van der Waals surface area contributed by atoms with Gasteiger partial charge in [-0.15, -0.1) is 11.3 Å². The molecule has 0 aliphatic rings. The maximum absolute atomic E-state index is 12.0. The van der Waals surface area contributed by atoms with Crippen molar-refractivity contribution >= 4 is 45.5 Å². The molecule has 0 aliphatic heterocycles. The van der Waals surface area contributed by atoms with E-state index < -0.39 is 11.9 Å². The Labute approximate surface area is 154 Å². The number of nitrogens with one attached hydrogen (secondary N) is 1. The van der Waals surface area contributed by atoms with Crippen LogP contribution in [0.1, 0.15) is 22.5 Å². The van der Waals surface area contributed by atoms with Crippen LogP contribution in [0.5, 0.6) is 0 Å².